The number of rotatable bonds is 14. The molecule has 0 aromatic rings. The van der Waals surface area contributed by atoms with E-state index in [1.165, 1.54) is 7.11 Å². The van der Waals surface area contributed by atoms with Crippen LogP contribution in [0.2, 0.25) is 0 Å². The first-order chi connectivity index (χ1) is 14.9. The van der Waals surface area contributed by atoms with Crippen molar-refractivity contribution >= 4 is 17.9 Å². The molecule has 0 radical (unpaired) electrons. The number of methoxy groups -OCH3 is 1. The summed E-state index contributed by atoms with van der Waals surface area (Å²) < 4.78 is 9.29. The van der Waals surface area contributed by atoms with Gasteiger partial charge in [-0.3, -0.25) is 0 Å². The topological polar surface area (TPSA) is 237 Å². The number of ether oxygens (including phenoxy) is 2. The molecule has 0 amide bonds. The number of hydrogen-bond acceptors (Lipinski definition) is 13. The Bertz CT molecular complexity index is 540. The molecule has 0 heterocycles. The molecular weight excluding hydrogens is 482 g/mol. The summed E-state index contributed by atoms with van der Waals surface area (Å²) in [6.07, 6.45) is 0.433. The maximum atomic E-state index is 9.84. The Morgan fingerprint density at radius 2 is 1.15 bits per heavy atom. The van der Waals surface area contributed by atoms with Crippen LogP contribution < -0.4 is 69.3 Å². The van der Waals surface area contributed by atoms with Crippen molar-refractivity contribution < 1.29 is 124 Å². The third kappa shape index (κ3) is 20.9. The summed E-state index contributed by atoms with van der Waals surface area (Å²) in [4.78, 5) is 29.2. The van der Waals surface area contributed by atoms with Crippen molar-refractivity contribution in [3.8, 4) is 0 Å². The van der Waals surface area contributed by atoms with Crippen molar-refractivity contribution in [2.24, 2.45) is 10.8 Å². The molecule has 0 bridgehead atoms. The fraction of sp³-hybridized carbons (Fsp3) is 0.632. The van der Waals surface area contributed by atoms with E-state index >= 15 is 0 Å². The van der Waals surface area contributed by atoms with Crippen LogP contribution in [0, 0.1) is 10.8 Å². The molecule has 0 aliphatic carbocycles. The van der Waals surface area contributed by atoms with Crippen LogP contribution in [0.4, 0.5) is 0 Å². The van der Waals surface area contributed by atoms with E-state index in [-0.39, 0.29) is 72.3 Å². The maximum Gasteiger partial charge on any atom is 1.00 e. The standard InChI is InChI=1S/C10H22O7.C5H6O4.C4H6O2.2Na/c11-1-9(2-12,3-13)7-17-8-10(4-14,5-15)6-16;1-3(5(8)9)2-4(6)7;1-3-4(5)6-2;;/h11-16H,1-8H2;1-2H2,(H,6,7)(H,8,9);3H,1H2,2H3;;/q;;;2*+1/p-2. The first kappa shape index (κ1) is 43.7. The molecular formula is C19H32Na2O13. The smallest absolute Gasteiger partial charge is 0.550 e. The minimum Gasteiger partial charge on any atom is -0.550 e. The molecule has 15 heteroatoms. The number of aliphatic carboxylic acids is 2. The second kappa shape index (κ2) is 25.7. The zero-order chi connectivity index (χ0) is 25.8. The molecule has 188 valence electrons. The predicted octanol–water partition coefficient (Wildman–Crippen LogP) is -11.3. The van der Waals surface area contributed by atoms with Gasteiger partial charge in [0.05, 0.1) is 76.8 Å². The van der Waals surface area contributed by atoms with E-state index in [1.807, 2.05) is 0 Å². The number of aliphatic hydroxyl groups excluding tert-OH is 6. The van der Waals surface area contributed by atoms with Gasteiger partial charge < -0.3 is 59.9 Å². The Kier molecular flexibility index (Phi) is 33.0. The minimum atomic E-state index is -1.56. The molecule has 13 nitrogen and oxygen atoms in total. The summed E-state index contributed by atoms with van der Waals surface area (Å²) in [6.45, 7) is 3.06. The molecule has 0 saturated carbocycles. The van der Waals surface area contributed by atoms with Crippen molar-refractivity contribution in [2.75, 3.05) is 60.0 Å². The summed E-state index contributed by atoms with van der Waals surface area (Å²) in [6, 6.07) is 0. The Morgan fingerprint density at radius 3 is 1.26 bits per heavy atom. The van der Waals surface area contributed by atoms with E-state index in [1.54, 1.807) is 0 Å². The van der Waals surface area contributed by atoms with Gasteiger partial charge in [0.2, 0.25) is 0 Å². The van der Waals surface area contributed by atoms with Crippen LogP contribution in [0.3, 0.4) is 0 Å². The molecule has 34 heavy (non-hydrogen) atoms. The summed E-state index contributed by atoms with van der Waals surface area (Å²) in [5.74, 6) is -3.42. The van der Waals surface area contributed by atoms with Crippen LogP contribution in [-0.4, -0.2) is 109 Å². The Hall–Kier alpha value is -0.390. The monoisotopic (exact) mass is 514 g/mol. The average Bonchev–Trinajstić information content (AvgIpc) is 2.80. The summed E-state index contributed by atoms with van der Waals surface area (Å²) >= 11 is 0. The van der Waals surface area contributed by atoms with Gasteiger partial charge >= 0.3 is 65.1 Å². The molecule has 0 aliphatic rings. The minimum absolute atomic E-state index is 0. The quantitative estimate of drug-likeness (QED) is 0.0718. The van der Waals surface area contributed by atoms with Crippen LogP contribution in [0.1, 0.15) is 6.42 Å². The largest absolute Gasteiger partial charge is 1.00 e. The summed E-state index contributed by atoms with van der Waals surface area (Å²) in [5, 5.41) is 73.6. The molecule has 0 aromatic heterocycles. The van der Waals surface area contributed by atoms with E-state index in [0.29, 0.717) is 0 Å². The second-order valence-corrected chi connectivity index (χ2v) is 6.61. The SMILES string of the molecule is C=C(CC(=O)[O-])C(=O)[O-].C=CC(=O)OC.OCC(CO)(CO)COCC(CO)(CO)CO.[Na+].[Na+]. The molecule has 0 aliphatic heterocycles. The van der Waals surface area contributed by atoms with Crippen molar-refractivity contribution in [3.05, 3.63) is 24.8 Å². The molecule has 6 N–H and O–H groups in total. The molecule has 0 atom stereocenters. The first-order valence-corrected chi connectivity index (χ1v) is 8.94. The predicted molar refractivity (Wildman–Crippen MR) is 104 cm³/mol. The number of carbonyl (C=O) groups is 3. The average molecular weight is 514 g/mol. The van der Waals surface area contributed by atoms with Gasteiger partial charge in [-0.25, -0.2) is 4.79 Å². The van der Waals surface area contributed by atoms with Crippen molar-refractivity contribution in [3.63, 3.8) is 0 Å². The van der Waals surface area contributed by atoms with E-state index in [2.05, 4.69) is 17.9 Å². The van der Waals surface area contributed by atoms with Gasteiger partial charge in [0.25, 0.3) is 0 Å². The maximum absolute atomic E-state index is 9.84. The van der Waals surface area contributed by atoms with Gasteiger partial charge in [0, 0.05) is 18.5 Å². The number of esters is 1. The van der Waals surface area contributed by atoms with E-state index in [4.69, 9.17) is 35.4 Å². The number of aliphatic hydroxyl groups is 6. The summed E-state index contributed by atoms with van der Waals surface area (Å²) in [7, 11) is 1.31. The van der Waals surface area contributed by atoms with E-state index < -0.39 is 80.4 Å². The van der Waals surface area contributed by atoms with Gasteiger partial charge in [0.1, 0.15) is 0 Å². The van der Waals surface area contributed by atoms with Gasteiger partial charge in [-0.1, -0.05) is 13.2 Å². The van der Waals surface area contributed by atoms with E-state index in [9.17, 15) is 24.6 Å². The van der Waals surface area contributed by atoms with E-state index in [0.717, 1.165) is 6.08 Å². The number of hydrogen-bond donors (Lipinski definition) is 6. The number of carboxylic acids is 2. The summed E-state index contributed by atoms with van der Waals surface area (Å²) in [5.41, 5.74) is -2.80. The van der Waals surface area contributed by atoms with Gasteiger partial charge in [0.15, 0.2) is 0 Å². The van der Waals surface area contributed by atoms with Gasteiger partial charge in [-0.05, 0) is 5.57 Å². The van der Waals surface area contributed by atoms with Crippen molar-refractivity contribution in [1.29, 1.82) is 0 Å². The Labute approximate surface area is 242 Å². The third-order valence-electron chi connectivity index (χ3n) is 3.84. The molecule has 0 spiro atoms. The Morgan fingerprint density at radius 1 is 0.824 bits per heavy atom. The molecule has 0 rings (SSSR count). The fourth-order valence-electron chi connectivity index (χ4n) is 1.39. The van der Waals surface area contributed by atoms with Crippen molar-refractivity contribution in [1.82, 2.24) is 0 Å². The van der Waals surface area contributed by atoms with Crippen LogP contribution in [-0.2, 0) is 23.9 Å². The van der Waals surface area contributed by atoms with Gasteiger partial charge in [-0.2, -0.15) is 0 Å². The first-order valence-electron chi connectivity index (χ1n) is 8.94. The number of carbonyl (C=O) groups excluding carboxylic acids is 3. The van der Waals surface area contributed by atoms with Crippen LogP contribution in [0.5, 0.6) is 0 Å². The van der Waals surface area contributed by atoms with Crippen LogP contribution in [0.15, 0.2) is 24.8 Å². The third-order valence-corrected chi connectivity index (χ3v) is 3.84. The molecule has 0 saturated heterocycles. The normalized spacial score (nSPS) is 9.97. The molecule has 0 fully saturated rings. The zero-order valence-corrected chi connectivity index (χ0v) is 23.9. The zero-order valence-electron chi connectivity index (χ0n) is 19.9. The van der Waals surface area contributed by atoms with Crippen molar-refractivity contribution in [2.45, 2.75) is 6.42 Å². The van der Waals surface area contributed by atoms with Crippen LogP contribution in [0.25, 0.3) is 0 Å². The number of carboxylic acid groups (broad SMARTS) is 2. The second-order valence-electron chi connectivity index (χ2n) is 6.61. The molecule has 0 unspecified atom stereocenters. The fourth-order valence-corrected chi connectivity index (χ4v) is 1.39. The molecule has 0 aromatic carbocycles. The Balaban J connectivity index is -0.000000139. The van der Waals surface area contributed by atoms with Crippen LogP contribution >= 0.6 is 0 Å². The van der Waals surface area contributed by atoms with Gasteiger partial charge in [-0.15, -0.1) is 0 Å².